The van der Waals surface area contributed by atoms with Gasteiger partial charge in [0.1, 0.15) is 11.9 Å². The fraction of sp³-hybridized carbons (Fsp3) is 0.533. The Bertz CT molecular complexity index is 567. The van der Waals surface area contributed by atoms with E-state index in [9.17, 15) is 14.9 Å². The van der Waals surface area contributed by atoms with E-state index in [1.807, 2.05) is 0 Å². The molecule has 0 radical (unpaired) electrons. The van der Waals surface area contributed by atoms with Crippen molar-refractivity contribution >= 4 is 11.7 Å². The van der Waals surface area contributed by atoms with Crippen molar-refractivity contribution < 1.29 is 19.3 Å². The van der Waals surface area contributed by atoms with Gasteiger partial charge in [-0.25, -0.2) is 4.79 Å². The Morgan fingerprint density at radius 1 is 1.41 bits per heavy atom. The summed E-state index contributed by atoms with van der Waals surface area (Å²) in [7, 11) is 0. The van der Waals surface area contributed by atoms with Crippen LogP contribution in [0.4, 0.5) is 5.69 Å². The van der Waals surface area contributed by atoms with E-state index in [0.717, 1.165) is 0 Å². The lowest BCUT2D eigenvalue weighted by atomic mass is 9.98. The Balaban J connectivity index is 1.90. The summed E-state index contributed by atoms with van der Waals surface area (Å²) in [6.07, 6.45) is 0.537. The number of carbonyl (C=O) groups is 1. The quantitative estimate of drug-likeness (QED) is 0.628. The molecule has 1 aromatic carbocycles. The first-order valence-electron chi connectivity index (χ1n) is 7.14. The zero-order valence-corrected chi connectivity index (χ0v) is 12.9. The summed E-state index contributed by atoms with van der Waals surface area (Å²) >= 11 is 0. The van der Waals surface area contributed by atoms with Crippen molar-refractivity contribution in [1.29, 1.82) is 0 Å². The van der Waals surface area contributed by atoms with Crippen LogP contribution >= 0.6 is 0 Å². The first kappa shape index (κ1) is 16.2. The van der Waals surface area contributed by atoms with E-state index >= 15 is 0 Å². The van der Waals surface area contributed by atoms with Gasteiger partial charge in [0.05, 0.1) is 22.9 Å². The zero-order chi connectivity index (χ0) is 16.3. The Morgan fingerprint density at radius 3 is 2.77 bits per heavy atom. The molecule has 1 saturated heterocycles. The molecule has 0 N–H and O–H groups in total. The molecule has 2 rings (SSSR count). The summed E-state index contributed by atoms with van der Waals surface area (Å²) in [5.74, 6) is 0.159. The van der Waals surface area contributed by atoms with Gasteiger partial charge in [0.15, 0.2) is 0 Å². The maximum Gasteiger partial charge on any atom is 0.330 e. The molecule has 1 fully saturated rings. The second kappa shape index (κ2) is 6.31. The molecule has 7 nitrogen and oxygen atoms in total. The average Bonchev–Trinajstić information content (AvgIpc) is 2.85. The highest BCUT2D eigenvalue weighted by molar-refractivity contribution is 5.75. The third-order valence-electron chi connectivity index (χ3n) is 3.26. The highest BCUT2D eigenvalue weighted by Crippen LogP contribution is 2.24. The van der Waals surface area contributed by atoms with E-state index < -0.39 is 10.3 Å². The lowest BCUT2D eigenvalue weighted by molar-refractivity contribution is -0.384. The van der Waals surface area contributed by atoms with Gasteiger partial charge in [0, 0.05) is 19.0 Å². The Morgan fingerprint density at radius 2 is 2.14 bits per heavy atom. The van der Waals surface area contributed by atoms with Crippen molar-refractivity contribution in [2.24, 2.45) is 5.41 Å². The van der Waals surface area contributed by atoms with Crippen molar-refractivity contribution in [3.63, 3.8) is 0 Å². The van der Waals surface area contributed by atoms with E-state index in [2.05, 4.69) is 0 Å². The van der Waals surface area contributed by atoms with Crippen molar-refractivity contribution in [1.82, 2.24) is 5.06 Å². The molecule has 0 aliphatic carbocycles. The molecule has 1 aliphatic heterocycles. The first-order chi connectivity index (χ1) is 10.3. The van der Waals surface area contributed by atoms with Crippen molar-refractivity contribution in [3.8, 4) is 5.75 Å². The third kappa shape index (κ3) is 4.17. The number of ether oxygens (including phenoxy) is 1. The normalized spacial score (nSPS) is 19.0. The van der Waals surface area contributed by atoms with Crippen molar-refractivity contribution in [2.75, 3.05) is 13.1 Å². The number of rotatable bonds is 4. The number of carbonyl (C=O) groups excluding carboxylic acids is 1. The molecular weight excluding hydrogens is 288 g/mol. The van der Waals surface area contributed by atoms with Gasteiger partial charge in [-0.3, -0.25) is 10.1 Å². The number of hydrogen-bond acceptors (Lipinski definition) is 6. The number of nitro groups is 1. The molecule has 0 spiro atoms. The van der Waals surface area contributed by atoms with Gasteiger partial charge < -0.3 is 9.57 Å². The van der Waals surface area contributed by atoms with E-state index in [-0.39, 0.29) is 17.8 Å². The predicted molar refractivity (Wildman–Crippen MR) is 79.2 cm³/mol. The Kier molecular flexibility index (Phi) is 4.65. The highest BCUT2D eigenvalue weighted by atomic mass is 16.7. The van der Waals surface area contributed by atoms with Crippen LogP contribution in [0.15, 0.2) is 24.3 Å². The number of non-ortho nitro benzene ring substituents is 1. The first-order valence-corrected chi connectivity index (χ1v) is 7.14. The SMILES string of the molecule is CC(C)(C)C(=O)ON1CC[C@H](Oc2cccc([N+](=O)[O-])c2)C1. The predicted octanol–water partition coefficient (Wildman–Crippen LogP) is 2.55. The number of hydrogen-bond donors (Lipinski definition) is 0. The monoisotopic (exact) mass is 308 g/mol. The number of benzene rings is 1. The maximum atomic E-state index is 11.8. The average molecular weight is 308 g/mol. The number of hydroxylamine groups is 2. The molecule has 0 amide bonds. The van der Waals surface area contributed by atoms with Crippen molar-refractivity contribution in [2.45, 2.75) is 33.3 Å². The van der Waals surface area contributed by atoms with E-state index in [1.165, 1.54) is 12.1 Å². The number of nitro benzene ring substituents is 1. The minimum Gasteiger partial charge on any atom is -0.489 e. The summed E-state index contributed by atoms with van der Waals surface area (Å²) in [5.41, 5.74) is -0.564. The molecule has 1 atom stereocenters. The largest absolute Gasteiger partial charge is 0.489 e. The fourth-order valence-electron chi connectivity index (χ4n) is 1.99. The van der Waals surface area contributed by atoms with Crippen LogP contribution in [-0.2, 0) is 9.63 Å². The van der Waals surface area contributed by atoms with Crippen LogP contribution in [0.5, 0.6) is 5.75 Å². The van der Waals surface area contributed by atoms with Crippen LogP contribution in [0.2, 0.25) is 0 Å². The van der Waals surface area contributed by atoms with Crippen LogP contribution in [0, 0.1) is 15.5 Å². The van der Waals surface area contributed by atoms with Crippen LogP contribution in [0.25, 0.3) is 0 Å². The Hall–Kier alpha value is -2.15. The molecule has 7 heteroatoms. The molecular formula is C15H20N2O5. The molecule has 0 bridgehead atoms. The van der Waals surface area contributed by atoms with Crippen LogP contribution in [-0.4, -0.2) is 35.1 Å². The van der Waals surface area contributed by atoms with Gasteiger partial charge in [-0.1, -0.05) is 6.07 Å². The summed E-state index contributed by atoms with van der Waals surface area (Å²) < 4.78 is 5.73. The molecule has 0 unspecified atom stereocenters. The smallest absolute Gasteiger partial charge is 0.330 e. The molecule has 1 aliphatic rings. The standard InChI is InChI=1S/C15H20N2O5/c1-15(2,3)14(18)22-16-8-7-13(10-16)21-12-6-4-5-11(9-12)17(19)20/h4-6,9,13H,7-8,10H2,1-3H3/t13-/m0/s1. The van der Waals surface area contributed by atoms with Gasteiger partial charge in [-0.2, -0.15) is 0 Å². The van der Waals surface area contributed by atoms with E-state index in [4.69, 9.17) is 9.57 Å². The number of nitrogens with zero attached hydrogens (tertiary/aromatic N) is 2. The topological polar surface area (TPSA) is 81.9 Å². The zero-order valence-electron chi connectivity index (χ0n) is 12.9. The second-order valence-corrected chi connectivity index (χ2v) is 6.30. The van der Waals surface area contributed by atoms with Crippen molar-refractivity contribution in [3.05, 3.63) is 34.4 Å². The van der Waals surface area contributed by atoms with Gasteiger partial charge in [-0.15, -0.1) is 5.06 Å². The van der Waals surface area contributed by atoms with Gasteiger partial charge in [-0.05, 0) is 26.8 Å². The molecule has 0 aromatic heterocycles. The minimum atomic E-state index is -0.557. The summed E-state index contributed by atoms with van der Waals surface area (Å²) in [4.78, 5) is 27.4. The molecule has 1 aromatic rings. The Labute approximate surface area is 128 Å². The van der Waals surface area contributed by atoms with Crippen LogP contribution in [0.1, 0.15) is 27.2 Å². The van der Waals surface area contributed by atoms with E-state index in [1.54, 1.807) is 38.0 Å². The summed E-state index contributed by atoms with van der Waals surface area (Å²) in [6, 6.07) is 6.07. The minimum absolute atomic E-state index is 0.00786. The van der Waals surface area contributed by atoms with Gasteiger partial charge >= 0.3 is 5.97 Å². The third-order valence-corrected chi connectivity index (χ3v) is 3.26. The summed E-state index contributed by atoms with van der Waals surface area (Å²) in [6.45, 7) is 6.42. The molecule has 120 valence electrons. The van der Waals surface area contributed by atoms with Crippen LogP contribution in [0.3, 0.4) is 0 Å². The second-order valence-electron chi connectivity index (χ2n) is 6.30. The lowest BCUT2D eigenvalue weighted by Crippen LogP contribution is -2.33. The van der Waals surface area contributed by atoms with E-state index in [0.29, 0.717) is 25.3 Å². The summed E-state index contributed by atoms with van der Waals surface area (Å²) in [5, 5.41) is 12.3. The maximum absolute atomic E-state index is 11.8. The van der Waals surface area contributed by atoms with Gasteiger partial charge in [0.25, 0.3) is 5.69 Å². The molecule has 1 heterocycles. The van der Waals surface area contributed by atoms with Gasteiger partial charge in [0.2, 0.25) is 0 Å². The molecule has 22 heavy (non-hydrogen) atoms. The fourth-order valence-corrected chi connectivity index (χ4v) is 1.99. The highest BCUT2D eigenvalue weighted by Gasteiger charge is 2.31. The lowest BCUT2D eigenvalue weighted by Gasteiger charge is -2.21. The van der Waals surface area contributed by atoms with Crippen LogP contribution < -0.4 is 4.74 Å². The molecule has 0 saturated carbocycles.